The van der Waals surface area contributed by atoms with Gasteiger partial charge in [0.25, 0.3) is 5.91 Å². The van der Waals surface area contributed by atoms with E-state index in [-0.39, 0.29) is 46.5 Å². The molecule has 0 saturated carbocycles. The Hall–Kier alpha value is -2.14. The van der Waals surface area contributed by atoms with E-state index >= 15 is 0 Å². The molecule has 2 unspecified atom stereocenters. The minimum absolute atomic E-state index is 0.00227. The van der Waals surface area contributed by atoms with Crippen molar-refractivity contribution in [3.8, 4) is 0 Å². The lowest BCUT2D eigenvalue weighted by Gasteiger charge is -2.34. The highest BCUT2D eigenvalue weighted by atomic mass is 35.5. The van der Waals surface area contributed by atoms with E-state index in [9.17, 15) is 26.4 Å². The molecule has 1 heterocycles. The molecule has 168 valence electrons. The van der Waals surface area contributed by atoms with Gasteiger partial charge in [0.1, 0.15) is 0 Å². The molecule has 2 atom stereocenters. The van der Waals surface area contributed by atoms with Crippen LogP contribution in [0.4, 0.5) is 18.9 Å². The third-order valence-corrected chi connectivity index (χ3v) is 6.86. The Morgan fingerprint density at radius 3 is 2.23 bits per heavy atom. The van der Waals surface area contributed by atoms with E-state index < -0.39 is 27.7 Å². The lowest BCUT2D eigenvalue weighted by atomic mass is 10.1. The summed E-state index contributed by atoms with van der Waals surface area (Å²) in [6.45, 7) is 3.99. The zero-order valence-corrected chi connectivity index (χ0v) is 18.2. The van der Waals surface area contributed by atoms with E-state index in [2.05, 4.69) is 5.32 Å². The summed E-state index contributed by atoms with van der Waals surface area (Å²) in [6.07, 6.45) is -5.09. The number of hydrogen-bond donors (Lipinski definition) is 1. The third-order valence-electron chi connectivity index (χ3n) is 4.68. The van der Waals surface area contributed by atoms with Crippen molar-refractivity contribution in [3.63, 3.8) is 0 Å². The second-order valence-corrected chi connectivity index (χ2v) is 9.60. The summed E-state index contributed by atoms with van der Waals surface area (Å²) in [5, 5.41) is 2.27. The standard InChI is InChI=1S/C20H20ClF3N2O4S/c1-12-10-26(11-13(2)30-12)31(28,29)16-6-3-14(4-7-16)19(27)25-18-9-15(20(22,23)24)5-8-17(18)21/h3-9,12-13H,10-11H2,1-2H3,(H,25,27). The molecule has 1 fully saturated rings. The number of sulfonamides is 1. The fourth-order valence-electron chi connectivity index (χ4n) is 3.25. The molecule has 2 aromatic rings. The summed E-state index contributed by atoms with van der Waals surface area (Å²) < 4.78 is 71.3. The third kappa shape index (κ3) is 5.38. The van der Waals surface area contributed by atoms with Crippen LogP contribution < -0.4 is 5.32 Å². The number of nitrogens with zero attached hydrogens (tertiary/aromatic N) is 1. The molecular formula is C20H20ClF3N2O4S. The normalized spacial score (nSPS) is 20.5. The number of morpholine rings is 1. The molecule has 1 saturated heterocycles. The number of hydrogen-bond acceptors (Lipinski definition) is 4. The van der Waals surface area contributed by atoms with Crippen LogP contribution in [0.15, 0.2) is 47.4 Å². The van der Waals surface area contributed by atoms with Gasteiger partial charge in [-0.1, -0.05) is 11.6 Å². The molecule has 0 spiro atoms. The first-order chi connectivity index (χ1) is 14.4. The van der Waals surface area contributed by atoms with Crippen LogP contribution in [0.1, 0.15) is 29.8 Å². The van der Waals surface area contributed by atoms with Gasteiger partial charge in [-0.15, -0.1) is 0 Å². The number of carbonyl (C=O) groups excluding carboxylic acids is 1. The maximum Gasteiger partial charge on any atom is 0.416 e. The lowest BCUT2D eigenvalue weighted by molar-refractivity contribution is -0.137. The Morgan fingerprint density at radius 1 is 1.10 bits per heavy atom. The van der Waals surface area contributed by atoms with E-state index in [1.54, 1.807) is 13.8 Å². The van der Waals surface area contributed by atoms with Crippen molar-refractivity contribution in [3.05, 3.63) is 58.6 Å². The van der Waals surface area contributed by atoms with Crippen molar-refractivity contribution in [1.29, 1.82) is 0 Å². The lowest BCUT2D eigenvalue weighted by Crippen LogP contribution is -2.48. The van der Waals surface area contributed by atoms with Crippen LogP contribution in [-0.2, 0) is 20.9 Å². The molecule has 3 rings (SSSR count). The number of rotatable bonds is 4. The van der Waals surface area contributed by atoms with Crippen LogP contribution in [0.3, 0.4) is 0 Å². The van der Waals surface area contributed by atoms with Gasteiger partial charge in [0, 0.05) is 18.7 Å². The summed E-state index contributed by atoms with van der Waals surface area (Å²) in [7, 11) is -3.78. The van der Waals surface area contributed by atoms with E-state index in [4.69, 9.17) is 16.3 Å². The maximum atomic E-state index is 12.9. The van der Waals surface area contributed by atoms with Gasteiger partial charge in [0.05, 0.1) is 33.4 Å². The molecule has 0 aliphatic carbocycles. The minimum Gasteiger partial charge on any atom is -0.373 e. The summed E-state index contributed by atoms with van der Waals surface area (Å²) in [5.41, 5.74) is -1.09. The van der Waals surface area contributed by atoms with Crippen molar-refractivity contribution in [1.82, 2.24) is 4.31 Å². The Morgan fingerprint density at radius 2 is 1.68 bits per heavy atom. The molecule has 2 aromatic carbocycles. The molecule has 0 aromatic heterocycles. The summed E-state index contributed by atoms with van der Waals surface area (Å²) in [5.74, 6) is -0.723. The number of amides is 1. The number of halogens is 4. The molecular weight excluding hydrogens is 457 g/mol. The average molecular weight is 477 g/mol. The summed E-state index contributed by atoms with van der Waals surface area (Å²) in [4.78, 5) is 12.5. The Balaban J connectivity index is 1.78. The molecule has 0 radical (unpaired) electrons. The van der Waals surface area contributed by atoms with Crippen molar-refractivity contribution in [2.75, 3.05) is 18.4 Å². The highest BCUT2D eigenvalue weighted by Crippen LogP contribution is 2.34. The number of anilines is 1. The fourth-order valence-corrected chi connectivity index (χ4v) is 5.00. The minimum atomic E-state index is -4.59. The van der Waals surface area contributed by atoms with Crippen LogP contribution in [0.5, 0.6) is 0 Å². The second-order valence-electron chi connectivity index (χ2n) is 7.25. The van der Waals surface area contributed by atoms with Crippen LogP contribution in [0.25, 0.3) is 0 Å². The predicted molar refractivity (Wildman–Crippen MR) is 110 cm³/mol. The Labute approximate surface area is 183 Å². The van der Waals surface area contributed by atoms with Gasteiger partial charge in [-0.25, -0.2) is 8.42 Å². The van der Waals surface area contributed by atoms with Crippen molar-refractivity contribution in [2.24, 2.45) is 0 Å². The molecule has 31 heavy (non-hydrogen) atoms. The van der Waals surface area contributed by atoms with Gasteiger partial charge in [-0.2, -0.15) is 17.5 Å². The average Bonchev–Trinajstić information content (AvgIpc) is 2.68. The van der Waals surface area contributed by atoms with Gasteiger partial charge in [0.2, 0.25) is 10.0 Å². The molecule has 0 bridgehead atoms. The summed E-state index contributed by atoms with van der Waals surface area (Å²) in [6, 6.07) is 7.73. The number of benzene rings is 2. The van der Waals surface area contributed by atoms with Gasteiger partial charge >= 0.3 is 6.18 Å². The van der Waals surface area contributed by atoms with E-state index in [0.717, 1.165) is 18.2 Å². The molecule has 1 aliphatic rings. The predicted octanol–water partition coefficient (Wildman–Crippen LogP) is 4.41. The Bertz CT molecular complexity index is 1060. The van der Waals surface area contributed by atoms with Gasteiger partial charge < -0.3 is 10.1 Å². The quantitative estimate of drug-likeness (QED) is 0.709. The highest BCUT2D eigenvalue weighted by Gasteiger charge is 2.33. The largest absolute Gasteiger partial charge is 0.416 e. The van der Waals surface area contributed by atoms with Gasteiger partial charge in [-0.3, -0.25) is 4.79 Å². The van der Waals surface area contributed by atoms with E-state index in [1.807, 2.05) is 0 Å². The summed E-state index contributed by atoms with van der Waals surface area (Å²) >= 11 is 5.90. The smallest absolute Gasteiger partial charge is 0.373 e. The fraction of sp³-hybridized carbons (Fsp3) is 0.350. The Kier molecular flexibility index (Phi) is 6.66. The number of ether oxygens (including phenoxy) is 1. The molecule has 1 aliphatic heterocycles. The number of nitrogens with one attached hydrogen (secondary N) is 1. The van der Waals surface area contributed by atoms with Gasteiger partial charge in [-0.05, 0) is 56.3 Å². The second kappa shape index (κ2) is 8.78. The maximum absolute atomic E-state index is 12.9. The molecule has 1 amide bonds. The molecule has 1 N–H and O–H groups in total. The van der Waals surface area contributed by atoms with Crippen LogP contribution in [0, 0.1) is 0 Å². The highest BCUT2D eigenvalue weighted by molar-refractivity contribution is 7.89. The zero-order valence-electron chi connectivity index (χ0n) is 16.6. The number of alkyl halides is 3. The van der Waals surface area contributed by atoms with Crippen molar-refractivity contribution in [2.45, 2.75) is 37.1 Å². The first kappa shape index (κ1) is 23.5. The van der Waals surface area contributed by atoms with E-state index in [0.29, 0.717) is 0 Å². The van der Waals surface area contributed by atoms with Crippen molar-refractivity contribution >= 4 is 33.2 Å². The SMILES string of the molecule is CC1CN(S(=O)(=O)c2ccc(C(=O)Nc3cc(C(F)(F)F)ccc3Cl)cc2)CC(C)O1. The monoisotopic (exact) mass is 476 g/mol. The molecule has 6 nitrogen and oxygen atoms in total. The zero-order chi connectivity index (χ0) is 23.0. The van der Waals surface area contributed by atoms with Gasteiger partial charge in [0.15, 0.2) is 0 Å². The van der Waals surface area contributed by atoms with Crippen LogP contribution in [-0.4, -0.2) is 43.9 Å². The topological polar surface area (TPSA) is 75.7 Å². The van der Waals surface area contributed by atoms with Crippen molar-refractivity contribution < 1.29 is 31.1 Å². The van der Waals surface area contributed by atoms with E-state index in [1.165, 1.54) is 28.6 Å². The first-order valence-corrected chi connectivity index (χ1v) is 11.1. The first-order valence-electron chi connectivity index (χ1n) is 9.31. The van der Waals surface area contributed by atoms with Crippen LogP contribution >= 0.6 is 11.6 Å². The van der Waals surface area contributed by atoms with Crippen LogP contribution in [0.2, 0.25) is 5.02 Å². The number of carbonyl (C=O) groups is 1. The molecule has 11 heteroatoms.